The molecule has 1 saturated heterocycles. The monoisotopic (exact) mass is 433 g/mol. The van der Waals surface area contributed by atoms with Crippen molar-refractivity contribution in [2.24, 2.45) is 11.4 Å². The van der Waals surface area contributed by atoms with Crippen LogP contribution in [0.4, 0.5) is 11.5 Å². The summed E-state index contributed by atoms with van der Waals surface area (Å²) >= 11 is 3.64. The topological polar surface area (TPSA) is 86.2 Å². The van der Waals surface area contributed by atoms with Crippen molar-refractivity contribution in [3.8, 4) is 11.1 Å². The van der Waals surface area contributed by atoms with E-state index in [0.717, 1.165) is 51.7 Å². The molecule has 0 spiro atoms. The van der Waals surface area contributed by atoms with Gasteiger partial charge in [-0.3, -0.25) is 0 Å². The van der Waals surface area contributed by atoms with Crippen molar-refractivity contribution < 1.29 is 4.21 Å². The fraction of sp³-hybridized carbons (Fsp3) is 0.333. The van der Waals surface area contributed by atoms with Crippen LogP contribution >= 0.6 is 15.9 Å². The molecule has 3 aromatic rings. The summed E-state index contributed by atoms with van der Waals surface area (Å²) in [6.45, 7) is 0. The van der Waals surface area contributed by atoms with Gasteiger partial charge in [0.05, 0.1) is 25.4 Å². The van der Waals surface area contributed by atoms with Crippen LogP contribution in [0.15, 0.2) is 39.6 Å². The lowest BCUT2D eigenvalue weighted by Crippen LogP contribution is -2.15. The van der Waals surface area contributed by atoms with Crippen molar-refractivity contribution in [3.05, 3.63) is 35.2 Å². The molecule has 26 heavy (non-hydrogen) atoms. The summed E-state index contributed by atoms with van der Waals surface area (Å²) in [6, 6.07) is 7.80. The molecule has 0 unspecified atom stereocenters. The predicted molar refractivity (Wildman–Crippen MR) is 110 cm³/mol. The van der Waals surface area contributed by atoms with Gasteiger partial charge in [0, 0.05) is 24.1 Å². The third-order valence-corrected chi connectivity index (χ3v) is 8.10. The molecule has 136 valence electrons. The summed E-state index contributed by atoms with van der Waals surface area (Å²) in [5, 5.41) is 0.824. The van der Waals surface area contributed by atoms with Crippen LogP contribution in [-0.4, -0.2) is 30.2 Å². The zero-order valence-corrected chi connectivity index (χ0v) is 16.9. The van der Waals surface area contributed by atoms with Crippen LogP contribution in [0.3, 0.4) is 0 Å². The Hall–Kier alpha value is -1.93. The fourth-order valence-electron chi connectivity index (χ4n) is 3.42. The number of fused-ring (bicyclic) bond motifs is 1. The highest BCUT2D eigenvalue weighted by atomic mass is 79.9. The highest BCUT2D eigenvalue weighted by Gasteiger charge is 2.19. The van der Waals surface area contributed by atoms with E-state index in [2.05, 4.69) is 30.3 Å². The van der Waals surface area contributed by atoms with E-state index in [9.17, 15) is 4.21 Å². The van der Waals surface area contributed by atoms with Gasteiger partial charge in [-0.1, -0.05) is 18.6 Å². The van der Waals surface area contributed by atoms with Gasteiger partial charge in [0.1, 0.15) is 17.8 Å². The Bertz CT molecular complexity index is 1080. The maximum absolute atomic E-state index is 12.8. The van der Waals surface area contributed by atoms with Gasteiger partial charge in [-0.15, -0.1) is 0 Å². The molecule has 4 rings (SSSR count). The van der Waals surface area contributed by atoms with E-state index in [1.54, 1.807) is 0 Å². The Kier molecular flexibility index (Phi) is 4.48. The second kappa shape index (κ2) is 6.66. The molecular weight excluding hydrogens is 414 g/mol. The molecule has 2 N–H and O–H groups in total. The lowest BCUT2D eigenvalue weighted by Gasteiger charge is -2.15. The number of benzene rings is 1. The van der Waals surface area contributed by atoms with Gasteiger partial charge in [-0.25, -0.2) is 14.2 Å². The van der Waals surface area contributed by atoms with E-state index < -0.39 is 9.73 Å². The summed E-state index contributed by atoms with van der Waals surface area (Å²) < 4.78 is 20.2. The van der Waals surface area contributed by atoms with Crippen molar-refractivity contribution >= 4 is 48.2 Å². The number of nitrogen functional groups attached to an aromatic ring is 1. The van der Waals surface area contributed by atoms with Crippen LogP contribution in [0.1, 0.15) is 19.3 Å². The molecule has 1 aliphatic rings. The number of nitrogens with zero attached hydrogens (tertiary/aromatic N) is 4. The number of aryl methyl sites for hydroxylation is 1. The van der Waals surface area contributed by atoms with Crippen LogP contribution in [0, 0.1) is 0 Å². The molecule has 6 nitrogen and oxygen atoms in total. The van der Waals surface area contributed by atoms with Crippen molar-refractivity contribution in [3.63, 3.8) is 0 Å². The quantitative estimate of drug-likeness (QED) is 0.653. The Morgan fingerprint density at radius 1 is 1.15 bits per heavy atom. The number of halogens is 1. The van der Waals surface area contributed by atoms with Crippen LogP contribution in [-0.2, 0) is 16.8 Å². The van der Waals surface area contributed by atoms with Crippen molar-refractivity contribution in [2.45, 2.75) is 19.3 Å². The Morgan fingerprint density at radius 2 is 1.85 bits per heavy atom. The first kappa shape index (κ1) is 17.5. The molecule has 0 saturated carbocycles. The average molecular weight is 434 g/mol. The normalized spacial score (nSPS) is 16.7. The summed E-state index contributed by atoms with van der Waals surface area (Å²) in [7, 11) is -0.164. The summed E-state index contributed by atoms with van der Waals surface area (Å²) in [5.74, 6) is 1.86. The lowest BCUT2D eigenvalue weighted by molar-refractivity contribution is 0.650. The van der Waals surface area contributed by atoms with Gasteiger partial charge >= 0.3 is 0 Å². The minimum Gasteiger partial charge on any atom is -0.383 e. The molecule has 8 heteroatoms. The maximum atomic E-state index is 12.8. The van der Waals surface area contributed by atoms with Crippen molar-refractivity contribution in [1.29, 1.82) is 0 Å². The largest absolute Gasteiger partial charge is 0.383 e. The minimum absolute atomic E-state index is 0.449. The molecule has 1 fully saturated rings. The van der Waals surface area contributed by atoms with Crippen LogP contribution in [0.5, 0.6) is 0 Å². The van der Waals surface area contributed by atoms with E-state index in [1.165, 1.54) is 6.33 Å². The molecule has 0 aliphatic carbocycles. The van der Waals surface area contributed by atoms with Crippen LogP contribution in [0.25, 0.3) is 22.2 Å². The third-order valence-electron chi connectivity index (χ3n) is 4.78. The fourth-order valence-corrected chi connectivity index (χ4v) is 6.22. The third kappa shape index (κ3) is 3.01. The molecule has 0 radical (unpaired) electrons. The van der Waals surface area contributed by atoms with Gasteiger partial charge in [0.2, 0.25) is 0 Å². The zero-order chi connectivity index (χ0) is 18.3. The van der Waals surface area contributed by atoms with Crippen molar-refractivity contribution in [2.75, 3.05) is 17.2 Å². The SMILES string of the molecule is Cn1c(Br)c(-c2ccc(N=S3(=O)CCCCC3)cc2)c2c(N)ncnc21. The predicted octanol–water partition coefficient (Wildman–Crippen LogP) is 4.26. The highest BCUT2D eigenvalue weighted by molar-refractivity contribution is 9.10. The first-order valence-corrected chi connectivity index (χ1v) is 11.2. The second-order valence-electron chi connectivity index (χ2n) is 6.56. The first-order valence-electron chi connectivity index (χ1n) is 8.56. The molecule has 0 bridgehead atoms. The standard InChI is InChI=1S/C18H20BrN5OS/c1-24-16(19)14(15-17(20)21-11-22-18(15)24)12-5-7-13(8-6-12)23-26(25)9-3-2-4-10-26/h5-8,11H,2-4,9-10H2,1H3,(H2,20,21,22). The Balaban J connectivity index is 1.79. The van der Waals surface area contributed by atoms with E-state index in [-0.39, 0.29) is 0 Å². The van der Waals surface area contributed by atoms with E-state index >= 15 is 0 Å². The number of aromatic nitrogens is 3. The van der Waals surface area contributed by atoms with Gasteiger partial charge in [-0.05, 0) is 46.5 Å². The zero-order valence-electron chi connectivity index (χ0n) is 14.5. The van der Waals surface area contributed by atoms with Crippen molar-refractivity contribution in [1.82, 2.24) is 14.5 Å². The van der Waals surface area contributed by atoms with Gasteiger partial charge in [-0.2, -0.15) is 4.36 Å². The lowest BCUT2D eigenvalue weighted by atomic mass is 10.1. The van der Waals surface area contributed by atoms with Gasteiger partial charge in [0.25, 0.3) is 0 Å². The van der Waals surface area contributed by atoms with Crippen LogP contribution in [0.2, 0.25) is 0 Å². The number of anilines is 1. The maximum Gasteiger partial charge on any atom is 0.146 e. The Morgan fingerprint density at radius 3 is 2.54 bits per heavy atom. The first-order chi connectivity index (χ1) is 12.5. The molecule has 0 amide bonds. The molecule has 1 aliphatic heterocycles. The summed E-state index contributed by atoms with van der Waals surface area (Å²) in [4.78, 5) is 8.47. The van der Waals surface area contributed by atoms with Gasteiger partial charge < -0.3 is 10.3 Å². The van der Waals surface area contributed by atoms with E-state index in [4.69, 9.17) is 5.73 Å². The molecule has 2 aromatic heterocycles. The van der Waals surface area contributed by atoms with Gasteiger partial charge in [0.15, 0.2) is 0 Å². The summed E-state index contributed by atoms with van der Waals surface area (Å²) in [6.07, 6.45) is 4.63. The van der Waals surface area contributed by atoms with E-state index in [1.807, 2.05) is 35.9 Å². The number of hydrogen-bond acceptors (Lipinski definition) is 5. The molecule has 1 aromatic carbocycles. The average Bonchev–Trinajstić information content (AvgIpc) is 2.89. The summed E-state index contributed by atoms with van der Waals surface area (Å²) in [5.41, 5.74) is 9.59. The second-order valence-corrected chi connectivity index (χ2v) is 9.86. The molecule has 3 heterocycles. The van der Waals surface area contributed by atoms with E-state index in [0.29, 0.717) is 17.3 Å². The van der Waals surface area contributed by atoms with Crippen LogP contribution < -0.4 is 5.73 Å². The molecule has 0 atom stereocenters. The number of nitrogens with two attached hydrogens (primary N) is 1. The smallest absolute Gasteiger partial charge is 0.146 e. The molecular formula is C18H20BrN5OS. The minimum atomic E-state index is -2.09. The number of rotatable bonds is 2. The Labute approximate surface area is 161 Å². The number of hydrogen-bond donors (Lipinski definition) is 1. The highest BCUT2D eigenvalue weighted by Crippen LogP contribution is 2.39.